The number of H-pyrrole nitrogens is 1. The molecule has 222 valence electrons. The standard InChI is InChI=1S/C30H38F2N4O5/c1-29(2,16-37)27(40)36-12-10-19(11-13-36)41-28-34-23-9-8-22(33-25(23)35-28)24-20(31)14-30(3,15-21(24)32)18-6-4-17(5-7-18)26(38)39/h8-9,14,17-19,37H,4-7,10-13,15-16H2,1-3H3,(H,38,39)(H,33,34,35). The van der Waals surface area contributed by atoms with Crippen molar-refractivity contribution in [2.24, 2.45) is 22.7 Å². The van der Waals surface area contributed by atoms with Crippen LogP contribution in [-0.4, -0.2) is 67.7 Å². The molecule has 5 rings (SSSR count). The first-order valence-corrected chi connectivity index (χ1v) is 14.3. The van der Waals surface area contributed by atoms with E-state index in [0.29, 0.717) is 57.1 Å². The van der Waals surface area contributed by atoms with Gasteiger partial charge >= 0.3 is 5.97 Å². The monoisotopic (exact) mass is 572 g/mol. The second-order valence-electron chi connectivity index (χ2n) is 12.6. The van der Waals surface area contributed by atoms with Crippen molar-refractivity contribution >= 4 is 28.6 Å². The van der Waals surface area contributed by atoms with Gasteiger partial charge in [-0.3, -0.25) is 9.59 Å². The second-order valence-corrected chi connectivity index (χ2v) is 12.6. The summed E-state index contributed by atoms with van der Waals surface area (Å²) >= 11 is 0. The molecule has 3 aliphatic rings. The number of nitrogens with one attached hydrogen (secondary N) is 1. The van der Waals surface area contributed by atoms with Crippen LogP contribution in [0.4, 0.5) is 8.78 Å². The summed E-state index contributed by atoms with van der Waals surface area (Å²) in [5.41, 5.74) is -0.719. The Morgan fingerprint density at radius 2 is 1.80 bits per heavy atom. The number of aliphatic hydroxyl groups is 1. The van der Waals surface area contributed by atoms with Gasteiger partial charge in [-0.15, -0.1) is 0 Å². The van der Waals surface area contributed by atoms with Crippen molar-refractivity contribution in [3.63, 3.8) is 0 Å². The van der Waals surface area contributed by atoms with E-state index in [9.17, 15) is 19.8 Å². The number of ether oxygens (including phenoxy) is 1. The first-order chi connectivity index (χ1) is 19.4. The zero-order valence-corrected chi connectivity index (χ0v) is 23.8. The number of carbonyl (C=O) groups is 2. The number of piperidine rings is 1. The normalized spacial score (nSPS) is 26.3. The largest absolute Gasteiger partial charge is 0.481 e. The lowest BCUT2D eigenvalue weighted by Gasteiger charge is -2.40. The second kappa shape index (κ2) is 11.2. The summed E-state index contributed by atoms with van der Waals surface area (Å²) < 4.78 is 37.0. The number of aliphatic carboxylic acids is 1. The molecule has 0 aromatic carbocycles. The highest BCUT2D eigenvalue weighted by atomic mass is 19.1. The molecule has 1 aliphatic heterocycles. The summed E-state index contributed by atoms with van der Waals surface area (Å²) in [5, 5.41) is 18.8. The fourth-order valence-electron chi connectivity index (χ4n) is 6.38. The number of carbonyl (C=O) groups excluding carboxylic acids is 1. The van der Waals surface area contributed by atoms with Crippen molar-refractivity contribution < 1.29 is 33.3 Å². The van der Waals surface area contributed by atoms with E-state index < -0.39 is 28.5 Å². The number of nitrogens with zero attached hydrogens (tertiary/aromatic N) is 3. The number of pyridine rings is 1. The molecule has 9 nitrogen and oxygen atoms in total. The van der Waals surface area contributed by atoms with Gasteiger partial charge in [0.2, 0.25) is 5.91 Å². The van der Waals surface area contributed by atoms with E-state index in [1.165, 1.54) is 6.08 Å². The van der Waals surface area contributed by atoms with E-state index in [1.54, 1.807) is 30.9 Å². The van der Waals surface area contributed by atoms with Gasteiger partial charge in [-0.25, -0.2) is 13.8 Å². The Hall–Kier alpha value is -3.34. The number of amides is 1. The van der Waals surface area contributed by atoms with E-state index in [4.69, 9.17) is 4.74 Å². The van der Waals surface area contributed by atoms with Gasteiger partial charge in [0.15, 0.2) is 5.65 Å². The van der Waals surface area contributed by atoms with Gasteiger partial charge in [-0.2, -0.15) is 4.98 Å². The fraction of sp³-hybridized carbons (Fsp3) is 0.600. The number of likely N-dealkylation sites (tertiary alicyclic amines) is 1. The van der Waals surface area contributed by atoms with Gasteiger partial charge < -0.3 is 24.8 Å². The van der Waals surface area contributed by atoms with Crippen molar-refractivity contribution in [1.82, 2.24) is 19.9 Å². The quantitative estimate of drug-likeness (QED) is 0.417. The molecule has 1 amide bonds. The van der Waals surface area contributed by atoms with Crippen LogP contribution in [0.3, 0.4) is 0 Å². The Morgan fingerprint density at radius 1 is 1.12 bits per heavy atom. The minimum atomic E-state index is -0.822. The summed E-state index contributed by atoms with van der Waals surface area (Å²) in [5.74, 6) is -2.51. The highest BCUT2D eigenvalue weighted by Crippen LogP contribution is 2.51. The van der Waals surface area contributed by atoms with Crippen LogP contribution >= 0.6 is 0 Å². The molecular weight excluding hydrogens is 534 g/mol. The molecule has 2 fully saturated rings. The number of aromatic nitrogens is 3. The molecule has 2 aromatic rings. The third-order valence-electron chi connectivity index (χ3n) is 9.07. The van der Waals surface area contributed by atoms with E-state index in [2.05, 4.69) is 15.0 Å². The fourth-order valence-corrected chi connectivity index (χ4v) is 6.38. The first kappa shape index (κ1) is 29.2. The molecule has 41 heavy (non-hydrogen) atoms. The van der Waals surface area contributed by atoms with Crippen molar-refractivity contribution in [2.75, 3.05) is 19.7 Å². The molecule has 1 unspecified atom stereocenters. The van der Waals surface area contributed by atoms with Gasteiger partial charge in [0.1, 0.15) is 17.8 Å². The van der Waals surface area contributed by atoms with Crippen molar-refractivity contribution in [2.45, 2.75) is 71.8 Å². The van der Waals surface area contributed by atoms with Crippen LogP contribution < -0.4 is 4.74 Å². The number of rotatable bonds is 7. The first-order valence-electron chi connectivity index (χ1n) is 14.3. The van der Waals surface area contributed by atoms with Gasteiger partial charge in [0.25, 0.3) is 6.01 Å². The third-order valence-corrected chi connectivity index (χ3v) is 9.07. The minimum absolute atomic E-state index is 0.00351. The molecule has 0 bridgehead atoms. The molecule has 3 heterocycles. The molecule has 3 N–H and O–H groups in total. The lowest BCUT2D eigenvalue weighted by atomic mass is 9.64. The van der Waals surface area contributed by atoms with Crippen LogP contribution in [0.2, 0.25) is 0 Å². The van der Waals surface area contributed by atoms with E-state index in [1.807, 2.05) is 6.92 Å². The smallest absolute Gasteiger partial charge is 0.306 e. The van der Waals surface area contributed by atoms with Gasteiger partial charge in [-0.1, -0.05) is 6.92 Å². The minimum Gasteiger partial charge on any atom is -0.481 e. The lowest BCUT2D eigenvalue weighted by molar-refractivity contribution is -0.144. The maximum absolute atomic E-state index is 15.5. The molecule has 1 atom stereocenters. The maximum Gasteiger partial charge on any atom is 0.306 e. The van der Waals surface area contributed by atoms with Crippen LogP contribution in [-0.2, 0) is 9.59 Å². The van der Waals surface area contributed by atoms with Crippen molar-refractivity contribution in [1.29, 1.82) is 0 Å². The Labute approximate surface area is 237 Å². The number of allylic oxidation sites excluding steroid dienone is 4. The number of hydrogen-bond donors (Lipinski definition) is 3. The summed E-state index contributed by atoms with van der Waals surface area (Å²) in [7, 11) is 0. The number of carboxylic acids is 1. The molecule has 0 radical (unpaired) electrons. The molecule has 2 aliphatic carbocycles. The topological polar surface area (TPSA) is 129 Å². The van der Waals surface area contributed by atoms with Gasteiger partial charge in [-0.05, 0) is 69.1 Å². The zero-order valence-electron chi connectivity index (χ0n) is 23.8. The Balaban J connectivity index is 1.25. The lowest BCUT2D eigenvalue weighted by Crippen LogP contribution is -2.48. The maximum atomic E-state index is 15.5. The van der Waals surface area contributed by atoms with Gasteiger partial charge in [0.05, 0.1) is 34.7 Å². The predicted molar refractivity (Wildman–Crippen MR) is 148 cm³/mol. The molecule has 11 heteroatoms. The Bertz CT molecular complexity index is 1390. The molecular formula is C30H38F2N4O5. The van der Waals surface area contributed by atoms with Crippen LogP contribution in [0, 0.1) is 22.7 Å². The molecule has 1 saturated heterocycles. The average molecular weight is 573 g/mol. The number of fused-ring (bicyclic) bond motifs is 1. The van der Waals surface area contributed by atoms with Crippen LogP contribution in [0.25, 0.3) is 16.7 Å². The summed E-state index contributed by atoms with van der Waals surface area (Å²) in [4.78, 5) is 37.6. The van der Waals surface area contributed by atoms with E-state index in [0.717, 1.165) is 0 Å². The SMILES string of the molecule is CC(C)(CO)C(=O)N1CCC(Oc2nc3nc(C4=C(F)CC(C)(C5CCC(C(=O)O)CC5)C=C4F)ccc3[nH]2)CC1. The number of hydrogen-bond acceptors (Lipinski definition) is 6. The van der Waals surface area contributed by atoms with Crippen LogP contribution in [0.15, 0.2) is 29.9 Å². The van der Waals surface area contributed by atoms with Crippen LogP contribution in [0.5, 0.6) is 6.01 Å². The average Bonchev–Trinajstić information content (AvgIpc) is 3.34. The molecule has 2 aromatic heterocycles. The van der Waals surface area contributed by atoms with Crippen molar-refractivity contribution in [3.8, 4) is 6.01 Å². The number of imidazole rings is 1. The number of aromatic amines is 1. The Morgan fingerprint density at radius 3 is 2.41 bits per heavy atom. The summed E-state index contributed by atoms with van der Waals surface area (Å²) in [6.45, 7) is 6.08. The molecule has 0 spiro atoms. The van der Waals surface area contributed by atoms with E-state index >= 15 is 8.78 Å². The highest BCUT2D eigenvalue weighted by Gasteiger charge is 2.41. The number of carboxylic acid groups (broad SMARTS) is 1. The van der Waals surface area contributed by atoms with Crippen LogP contribution in [0.1, 0.15) is 71.4 Å². The highest BCUT2D eigenvalue weighted by molar-refractivity contribution is 5.83. The van der Waals surface area contributed by atoms with E-state index in [-0.39, 0.29) is 59.8 Å². The third kappa shape index (κ3) is 5.86. The van der Waals surface area contributed by atoms with Crippen molar-refractivity contribution in [3.05, 3.63) is 35.6 Å². The zero-order chi connectivity index (χ0) is 29.5. The summed E-state index contributed by atoms with van der Waals surface area (Å²) in [6.07, 6.45) is 4.84. The predicted octanol–water partition coefficient (Wildman–Crippen LogP) is 5.18. The molecule has 1 saturated carbocycles. The Kier molecular flexibility index (Phi) is 7.93. The summed E-state index contributed by atoms with van der Waals surface area (Å²) in [6, 6.07) is 3.48. The van der Waals surface area contributed by atoms with Gasteiger partial charge in [0, 0.05) is 32.4 Å². The number of aliphatic hydroxyl groups excluding tert-OH is 1. The number of halogens is 2.